The Morgan fingerprint density at radius 1 is 0.953 bits per heavy atom. The second kappa shape index (κ2) is 20.1. The van der Waals surface area contributed by atoms with Gasteiger partial charge >= 0.3 is 6.03 Å². The lowest BCUT2D eigenvalue weighted by atomic mass is 10.0. The number of pyridine rings is 1. The number of nitrogens with one attached hydrogen (secondary N) is 5. The molecule has 0 saturated carbocycles. The van der Waals surface area contributed by atoms with E-state index in [2.05, 4.69) is 36.8 Å². The van der Waals surface area contributed by atoms with Gasteiger partial charge in [0, 0.05) is 55.6 Å². The van der Waals surface area contributed by atoms with Crippen LogP contribution in [0, 0.1) is 0 Å². The van der Waals surface area contributed by atoms with Crippen LogP contribution in [0.3, 0.4) is 0 Å². The molecule has 240 valence electrons. The Hall–Kier alpha value is -2.94. The van der Waals surface area contributed by atoms with Gasteiger partial charge in [0.05, 0.1) is 44.1 Å². The Labute approximate surface area is 258 Å². The first-order valence-corrected chi connectivity index (χ1v) is 16.2. The lowest BCUT2D eigenvalue weighted by Gasteiger charge is -2.16. The smallest absolute Gasteiger partial charge is 0.315 e. The van der Waals surface area contributed by atoms with Crippen LogP contribution in [0.5, 0.6) is 0 Å². The number of hydrogen-bond acceptors (Lipinski definition) is 10. The third-order valence-corrected chi connectivity index (χ3v) is 8.29. The van der Waals surface area contributed by atoms with E-state index in [0.29, 0.717) is 82.2 Å². The van der Waals surface area contributed by atoms with Gasteiger partial charge in [0.25, 0.3) is 5.91 Å². The van der Waals surface area contributed by atoms with E-state index in [1.54, 1.807) is 12.1 Å². The Kier molecular flexibility index (Phi) is 16.1. The van der Waals surface area contributed by atoms with Gasteiger partial charge < -0.3 is 35.5 Å². The number of unbranched alkanes of at least 4 members (excludes halogenated alkanes) is 1. The van der Waals surface area contributed by atoms with Gasteiger partial charge in [-0.1, -0.05) is 6.42 Å². The lowest BCUT2D eigenvalue weighted by Crippen LogP contribution is -2.36. The standard InChI is InChI=1S/C29H47N7O6S/c1-21(2)35-36-25-10-9-22(19-32-25)28(38)31-12-6-14-41-16-18-42-17-15-40-13-5-11-30-26(37)8-4-3-7-24-27-23(20-43-24)33-29(39)34-27/h9-10,19,23-24,27H,3-8,11-18,20H2,1-2H3,(H,30,37)(H,31,38)(H,32,36)(H2,33,34,39)/t23-,24-,27-/m0/s1. The fourth-order valence-electron chi connectivity index (χ4n) is 4.55. The topological polar surface area (TPSA) is 164 Å². The number of hydrogen-bond donors (Lipinski definition) is 5. The van der Waals surface area contributed by atoms with Crippen molar-refractivity contribution in [1.29, 1.82) is 0 Å². The predicted molar refractivity (Wildman–Crippen MR) is 168 cm³/mol. The second-order valence-electron chi connectivity index (χ2n) is 10.6. The van der Waals surface area contributed by atoms with Crippen molar-refractivity contribution in [2.75, 3.05) is 63.9 Å². The Bertz CT molecular complexity index is 1030. The maximum atomic E-state index is 12.2. The van der Waals surface area contributed by atoms with Crippen LogP contribution in [0.25, 0.3) is 0 Å². The first kappa shape index (κ1) is 34.5. The minimum atomic E-state index is -0.178. The molecule has 0 bridgehead atoms. The highest BCUT2D eigenvalue weighted by Crippen LogP contribution is 2.33. The van der Waals surface area contributed by atoms with Crippen molar-refractivity contribution in [2.45, 2.75) is 69.7 Å². The van der Waals surface area contributed by atoms with Crippen molar-refractivity contribution < 1.29 is 28.6 Å². The molecule has 3 heterocycles. The zero-order chi connectivity index (χ0) is 30.7. The molecule has 2 aliphatic heterocycles. The molecular weight excluding hydrogens is 574 g/mol. The van der Waals surface area contributed by atoms with Crippen LogP contribution < -0.4 is 26.7 Å². The zero-order valence-electron chi connectivity index (χ0n) is 25.3. The summed E-state index contributed by atoms with van der Waals surface area (Å²) in [6, 6.07) is 3.83. The highest BCUT2D eigenvalue weighted by Gasteiger charge is 2.42. The van der Waals surface area contributed by atoms with Gasteiger partial charge in [-0.3, -0.25) is 15.0 Å². The normalized spacial score (nSPS) is 18.8. The number of urea groups is 1. The molecule has 2 fully saturated rings. The summed E-state index contributed by atoms with van der Waals surface area (Å²) in [6.45, 7) is 7.89. The monoisotopic (exact) mass is 621 g/mol. The molecular formula is C29H47N7O6S. The molecule has 14 heteroatoms. The number of hydrazone groups is 1. The molecule has 2 saturated heterocycles. The summed E-state index contributed by atoms with van der Waals surface area (Å²) in [7, 11) is 0. The average Bonchev–Trinajstić information content (AvgIpc) is 3.55. The fraction of sp³-hybridized carbons (Fsp3) is 0.690. The van der Waals surface area contributed by atoms with E-state index in [1.165, 1.54) is 6.20 Å². The average molecular weight is 622 g/mol. The van der Waals surface area contributed by atoms with Crippen LogP contribution in [0.2, 0.25) is 0 Å². The fourth-order valence-corrected chi connectivity index (χ4v) is 6.09. The molecule has 0 aromatic carbocycles. The van der Waals surface area contributed by atoms with Crippen LogP contribution >= 0.6 is 11.8 Å². The largest absolute Gasteiger partial charge is 0.379 e. The summed E-state index contributed by atoms with van der Waals surface area (Å²) in [4.78, 5) is 39.8. The van der Waals surface area contributed by atoms with Gasteiger partial charge in [-0.25, -0.2) is 9.78 Å². The van der Waals surface area contributed by atoms with Crippen molar-refractivity contribution >= 4 is 41.1 Å². The van der Waals surface area contributed by atoms with Crippen molar-refractivity contribution in [3.8, 4) is 0 Å². The van der Waals surface area contributed by atoms with Gasteiger partial charge in [-0.15, -0.1) is 0 Å². The number of nitrogens with zero attached hydrogens (tertiary/aromatic N) is 2. The molecule has 0 spiro atoms. The third-order valence-electron chi connectivity index (χ3n) is 6.78. The highest BCUT2D eigenvalue weighted by atomic mass is 32.2. The Morgan fingerprint density at radius 2 is 1.65 bits per heavy atom. The number of ether oxygens (including phenoxy) is 3. The van der Waals surface area contributed by atoms with Crippen molar-refractivity contribution in [1.82, 2.24) is 26.3 Å². The molecule has 1 aromatic heterocycles. The molecule has 3 rings (SSSR count). The number of anilines is 1. The SMILES string of the molecule is CC(C)=NNc1ccc(C(=O)NCCCOCCOCCOCCCNC(=O)CCCC[C@@H]2SC[C@@H]3NC(=O)N[C@@H]32)cn1. The van der Waals surface area contributed by atoms with Gasteiger partial charge in [0.15, 0.2) is 0 Å². The number of amides is 4. The summed E-state index contributed by atoms with van der Waals surface area (Å²) in [6.07, 6.45) is 6.36. The van der Waals surface area contributed by atoms with E-state index in [9.17, 15) is 14.4 Å². The molecule has 0 aliphatic carbocycles. The van der Waals surface area contributed by atoms with E-state index in [4.69, 9.17) is 14.2 Å². The van der Waals surface area contributed by atoms with Crippen molar-refractivity contribution in [3.63, 3.8) is 0 Å². The van der Waals surface area contributed by atoms with Gasteiger partial charge in [0.1, 0.15) is 5.82 Å². The van der Waals surface area contributed by atoms with Gasteiger partial charge in [0.2, 0.25) is 5.91 Å². The molecule has 43 heavy (non-hydrogen) atoms. The maximum absolute atomic E-state index is 12.2. The lowest BCUT2D eigenvalue weighted by molar-refractivity contribution is -0.121. The summed E-state index contributed by atoms with van der Waals surface area (Å²) < 4.78 is 16.6. The molecule has 0 unspecified atom stereocenters. The third kappa shape index (κ3) is 13.9. The van der Waals surface area contributed by atoms with Crippen LogP contribution in [0.4, 0.5) is 10.6 Å². The number of aromatic nitrogens is 1. The minimum absolute atomic E-state index is 0.0577. The molecule has 13 nitrogen and oxygen atoms in total. The minimum Gasteiger partial charge on any atom is -0.379 e. The number of carbonyl (C=O) groups excluding carboxylic acids is 3. The molecule has 4 amide bonds. The quantitative estimate of drug-likeness (QED) is 0.0566. The van der Waals surface area contributed by atoms with Gasteiger partial charge in [-0.05, 0) is 51.7 Å². The van der Waals surface area contributed by atoms with E-state index < -0.39 is 0 Å². The molecule has 5 N–H and O–H groups in total. The van der Waals surface area contributed by atoms with E-state index in [-0.39, 0.29) is 29.9 Å². The van der Waals surface area contributed by atoms with E-state index >= 15 is 0 Å². The van der Waals surface area contributed by atoms with Crippen LogP contribution in [-0.4, -0.2) is 104 Å². The first-order valence-electron chi connectivity index (χ1n) is 15.1. The summed E-state index contributed by atoms with van der Waals surface area (Å²) in [5.74, 6) is 1.44. The van der Waals surface area contributed by atoms with E-state index in [1.807, 2.05) is 25.6 Å². The van der Waals surface area contributed by atoms with Crippen LogP contribution in [0.15, 0.2) is 23.4 Å². The molecule has 2 aliphatic rings. The Morgan fingerprint density at radius 3 is 2.33 bits per heavy atom. The molecule has 0 radical (unpaired) electrons. The first-order chi connectivity index (χ1) is 20.9. The molecule has 1 aromatic rings. The number of thioether (sulfide) groups is 1. The molecule has 3 atom stereocenters. The van der Waals surface area contributed by atoms with Crippen molar-refractivity contribution in [3.05, 3.63) is 23.9 Å². The summed E-state index contributed by atoms with van der Waals surface area (Å²) in [5.41, 5.74) is 4.19. The number of fused-ring (bicyclic) bond motifs is 1. The van der Waals surface area contributed by atoms with E-state index in [0.717, 1.165) is 37.1 Å². The predicted octanol–water partition coefficient (Wildman–Crippen LogP) is 2.29. The summed E-state index contributed by atoms with van der Waals surface area (Å²) >= 11 is 1.91. The van der Waals surface area contributed by atoms with Crippen molar-refractivity contribution in [2.24, 2.45) is 5.10 Å². The highest BCUT2D eigenvalue weighted by molar-refractivity contribution is 8.00. The van der Waals surface area contributed by atoms with Crippen LogP contribution in [0.1, 0.15) is 62.7 Å². The summed E-state index contributed by atoms with van der Waals surface area (Å²) in [5, 5.41) is 16.3. The van der Waals surface area contributed by atoms with Crippen LogP contribution in [-0.2, 0) is 19.0 Å². The maximum Gasteiger partial charge on any atom is 0.315 e. The number of carbonyl (C=O) groups is 3. The number of rotatable bonds is 22. The second-order valence-corrected chi connectivity index (χ2v) is 11.9. The zero-order valence-corrected chi connectivity index (χ0v) is 26.1. The Balaban J connectivity index is 1.03. The van der Waals surface area contributed by atoms with Gasteiger partial charge in [-0.2, -0.15) is 16.9 Å².